The van der Waals surface area contributed by atoms with Gasteiger partial charge in [0.25, 0.3) is 0 Å². The zero-order valence-corrected chi connectivity index (χ0v) is 11.9. The monoisotopic (exact) mass is 272 g/mol. The van der Waals surface area contributed by atoms with Gasteiger partial charge in [0.2, 0.25) is 5.91 Å². The van der Waals surface area contributed by atoms with Crippen LogP contribution in [0.5, 0.6) is 0 Å². The van der Waals surface area contributed by atoms with Gasteiger partial charge in [0.05, 0.1) is 6.54 Å². The van der Waals surface area contributed by atoms with Crippen LogP contribution in [0.3, 0.4) is 0 Å². The highest BCUT2D eigenvalue weighted by molar-refractivity contribution is 5.90. The lowest BCUT2D eigenvalue weighted by molar-refractivity contribution is -0.115. The van der Waals surface area contributed by atoms with Gasteiger partial charge in [-0.05, 0) is 30.3 Å². The number of carbonyl (C=O) groups is 1. The summed E-state index contributed by atoms with van der Waals surface area (Å²) in [6.45, 7) is 4.53. The number of benzene rings is 1. The van der Waals surface area contributed by atoms with Crippen LogP contribution in [-0.2, 0) is 17.8 Å². The van der Waals surface area contributed by atoms with Gasteiger partial charge in [-0.3, -0.25) is 4.79 Å². The fraction of sp³-hybridized carbons (Fsp3) is 0.312. The summed E-state index contributed by atoms with van der Waals surface area (Å²) in [4.78, 5) is 11.4. The highest BCUT2D eigenvalue weighted by atomic mass is 16.3. The van der Waals surface area contributed by atoms with Crippen molar-refractivity contribution >= 4 is 17.3 Å². The standard InChI is InChI=1S/C16H20N2O2/c1-3-14-8-9-15(20-14)11-17-12-6-5-7-13(10-12)18-16(19)4-2/h5-10,17H,3-4,11H2,1-2H3,(H,18,19). The van der Waals surface area contributed by atoms with E-state index in [0.29, 0.717) is 13.0 Å². The van der Waals surface area contributed by atoms with Gasteiger partial charge in [0, 0.05) is 24.2 Å². The van der Waals surface area contributed by atoms with Crippen LogP contribution in [0.1, 0.15) is 31.8 Å². The number of hydrogen-bond donors (Lipinski definition) is 2. The molecule has 0 aliphatic rings. The van der Waals surface area contributed by atoms with Gasteiger partial charge in [0.1, 0.15) is 11.5 Å². The van der Waals surface area contributed by atoms with E-state index in [4.69, 9.17) is 4.42 Å². The molecular weight excluding hydrogens is 252 g/mol. The summed E-state index contributed by atoms with van der Waals surface area (Å²) < 4.78 is 5.63. The number of anilines is 2. The van der Waals surface area contributed by atoms with Crippen molar-refractivity contribution in [3.05, 3.63) is 47.9 Å². The lowest BCUT2D eigenvalue weighted by atomic mass is 10.2. The molecule has 0 aliphatic heterocycles. The van der Waals surface area contributed by atoms with Crippen molar-refractivity contribution in [2.45, 2.75) is 33.2 Å². The molecule has 0 unspecified atom stereocenters. The van der Waals surface area contributed by atoms with Gasteiger partial charge in [0.15, 0.2) is 0 Å². The van der Waals surface area contributed by atoms with Crippen molar-refractivity contribution in [2.24, 2.45) is 0 Å². The van der Waals surface area contributed by atoms with Crippen molar-refractivity contribution in [1.29, 1.82) is 0 Å². The minimum absolute atomic E-state index is 0.0146. The third-order valence-electron chi connectivity index (χ3n) is 3.00. The fourth-order valence-corrected chi connectivity index (χ4v) is 1.85. The van der Waals surface area contributed by atoms with Crippen LogP contribution in [0, 0.1) is 0 Å². The second-order valence-electron chi connectivity index (χ2n) is 4.56. The molecule has 1 amide bonds. The Kier molecular flexibility index (Phi) is 4.82. The molecule has 2 rings (SSSR count). The SMILES string of the molecule is CCC(=O)Nc1cccc(NCc2ccc(CC)o2)c1. The van der Waals surface area contributed by atoms with Gasteiger partial charge < -0.3 is 15.1 Å². The minimum atomic E-state index is 0.0146. The number of furan rings is 1. The molecule has 0 atom stereocenters. The van der Waals surface area contributed by atoms with Crippen LogP contribution in [0.2, 0.25) is 0 Å². The van der Waals surface area contributed by atoms with Crippen molar-refractivity contribution in [2.75, 3.05) is 10.6 Å². The summed E-state index contributed by atoms with van der Waals surface area (Å²) >= 11 is 0. The third kappa shape index (κ3) is 3.88. The zero-order chi connectivity index (χ0) is 14.4. The van der Waals surface area contributed by atoms with Gasteiger partial charge in [-0.1, -0.05) is 19.9 Å². The Morgan fingerprint density at radius 1 is 1.10 bits per heavy atom. The molecule has 2 aromatic rings. The molecule has 4 nitrogen and oxygen atoms in total. The number of aryl methyl sites for hydroxylation is 1. The van der Waals surface area contributed by atoms with E-state index in [2.05, 4.69) is 17.6 Å². The zero-order valence-electron chi connectivity index (χ0n) is 11.9. The lowest BCUT2D eigenvalue weighted by Gasteiger charge is -2.08. The predicted octanol–water partition coefficient (Wildman–Crippen LogP) is 3.80. The second-order valence-corrected chi connectivity index (χ2v) is 4.56. The number of hydrogen-bond acceptors (Lipinski definition) is 3. The van der Waals surface area contributed by atoms with Crippen LogP contribution in [-0.4, -0.2) is 5.91 Å². The average molecular weight is 272 g/mol. The Morgan fingerprint density at radius 3 is 2.55 bits per heavy atom. The van der Waals surface area contributed by atoms with Crippen LogP contribution < -0.4 is 10.6 Å². The largest absolute Gasteiger partial charge is 0.464 e. The molecular formula is C16H20N2O2. The molecule has 0 spiro atoms. The number of nitrogens with one attached hydrogen (secondary N) is 2. The van der Waals surface area contributed by atoms with E-state index in [1.807, 2.05) is 43.3 Å². The Bertz CT molecular complexity index is 575. The van der Waals surface area contributed by atoms with E-state index in [1.165, 1.54) is 0 Å². The van der Waals surface area contributed by atoms with Crippen molar-refractivity contribution in [3.8, 4) is 0 Å². The van der Waals surface area contributed by atoms with Crippen molar-refractivity contribution < 1.29 is 9.21 Å². The normalized spacial score (nSPS) is 10.3. The number of rotatable bonds is 6. The van der Waals surface area contributed by atoms with E-state index in [-0.39, 0.29) is 5.91 Å². The van der Waals surface area contributed by atoms with E-state index >= 15 is 0 Å². The summed E-state index contributed by atoms with van der Waals surface area (Å²) in [6, 6.07) is 11.6. The molecule has 20 heavy (non-hydrogen) atoms. The first-order chi connectivity index (χ1) is 9.71. The molecule has 2 N–H and O–H groups in total. The highest BCUT2D eigenvalue weighted by Gasteiger charge is 2.02. The second kappa shape index (κ2) is 6.80. The first kappa shape index (κ1) is 14.2. The van der Waals surface area contributed by atoms with Crippen molar-refractivity contribution in [1.82, 2.24) is 0 Å². The maximum atomic E-state index is 11.4. The van der Waals surface area contributed by atoms with Gasteiger partial charge in [-0.25, -0.2) is 0 Å². The quantitative estimate of drug-likeness (QED) is 0.841. The Labute approximate surface area is 119 Å². The molecule has 4 heteroatoms. The van der Waals surface area contributed by atoms with Gasteiger partial charge in [-0.2, -0.15) is 0 Å². The predicted molar refractivity (Wildman–Crippen MR) is 80.8 cm³/mol. The van der Waals surface area contributed by atoms with E-state index in [9.17, 15) is 4.79 Å². The summed E-state index contributed by atoms with van der Waals surface area (Å²) in [5.74, 6) is 1.91. The Balaban J connectivity index is 1.95. The minimum Gasteiger partial charge on any atom is -0.464 e. The topological polar surface area (TPSA) is 54.3 Å². The van der Waals surface area contributed by atoms with Crippen LogP contribution in [0.15, 0.2) is 40.8 Å². The molecule has 0 saturated carbocycles. The molecule has 1 aromatic carbocycles. The van der Waals surface area contributed by atoms with E-state index in [0.717, 1.165) is 29.3 Å². The fourth-order valence-electron chi connectivity index (χ4n) is 1.85. The lowest BCUT2D eigenvalue weighted by Crippen LogP contribution is -2.09. The summed E-state index contributed by atoms with van der Waals surface area (Å²) in [7, 11) is 0. The average Bonchev–Trinajstić information content (AvgIpc) is 2.93. The summed E-state index contributed by atoms with van der Waals surface area (Å²) in [6.07, 6.45) is 1.38. The van der Waals surface area contributed by atoms with Gasteiger partial charge >= 0.3 is 0 Å². The maximum Gasteiger partial charge on any atom is 0.224 e. The highest BCUT2D eigenvalue weighted by Crippen LogP contribution is 2.17. The van der Waals surface area contributed by atoms with E-state index < -0.39 is 0 Å². The Hall–Kier alpha value is -2.23. The number of amides is 1. The molecule has 1 heterocycles. The molecule has 1 aromatic heterocycles. The van der Waals surface area contributed by atoms with Crippen LogP contribution >= 0.6 is 0 Å². The number of carbonyl (C=O) groups excluding carboxylic acids is 1. The van der Waals surface area contributed by atoms with Gasteiger partial charge in [-0.15, -0.1) is 0 Å². The molecule has 0 saturated heterocycles. The maximum absolute atomic E-state index is 11.4. The Morgan fingerprint density at radius 2 is 1.85 bits per heavy atom. The summed E-state index contributed by atoms with van der Waals surface area (Å²) in [5, 5.41) is 6.13. The molecule has 0 bridgehead atoms. The first-order valence-electron chi connectivity index (χ1n) is 6.92. The van der Waals surface area contributed by atoms with Crippen LogP contribution in [0.25, 0.3) is 0 Å². The van der Waals surface area contributed by atoms with Crippen LogP contribution in [0.4, 0.5) is 11.4 Å². The molecule has 0 fully saturated rings. The summed E-state index contributed by atoms with van der Waals surface area (Å²) in [5.41, 5.74) is 1.75. The third-order valence-corrected chi connectivity index (χ3v) is 3.00. The van der Waals surface area contributed by atoms with Crippen molar-refractivity contribution in [3.63, 3.8) is 0 Å². The molecule has 0 aliphatic carbocycles. The first-order valence-corrected chi connectivity index (χ1v) is 6.92. The molecule has 106 valence electrons. The smallest absolute Gasteiger partial charge is 0.224 e. The molecule has 0 radical (unpaired) electrons. The van der Waals surface area contributed by atoms with E-state index in [1.54, 1.807) is 0 Å².